The van der Waals surface area contributed by atoms with Crippen LogP contribution < -0.4 is 5.32 Å². The molecular weight excluding hydrogens is 394 g/mol. The van der Waals surface area contributed by atoms with E-state index in [1.165, 1.54) is 16.8 Å². The van der Waals surface area contributed by atoms with Crippen molar-refractivity contribution in [1.82, 2.24) is 15.1 Å². The van der Waals surface area contributed by atoms with E-state index in [1.54, 1.807) is 0 Å². The van der Waals surface area contributed by atoms with Gasteiger partial charge in [0.15, 0.2) is 0 Å². The molecule has 0 aliphatic rings. The van der Waals surface area contributed by atoms with Crippen molar-refractivity contribution in [3.63, 3.8) is 0 Å². The molecule has 0 aliphatic carbocycles. The smallest absolute Gasteiger partial charge is 0.0760 e. The van der Waals surface area contributed by atoms with Crippen molar-refractivity contribution in [1.29, 1.82) is 0 Å². The fourth-order valence-electron chi connectivity index (χ4n) is 2.50. The molecule has 3 nitrogen and oxygen atoms in total. The number of hydrogen-bond acceptors (Lipinski definition) is 2. The van der Waals surface area contributed by atoms with E-state index in [9.17, 15) is 0 Å². The van der Waals surface area contributed by atoms with E-state index in [4.69, 9.17) is 0 Å². The monoisotopic (exact) mass is 413 g/mol. The SMILES string of the molecule is CCCNC(c1cc(C)cc(Br)c1)c1c(Br)cnn1CC. The van der Waals surface area contributed by atoms with Crippen molar-refractivity contribution in [2.75, 3.05) is 6.54 Å². The minimum atomic E-state index is 0.137. The van der Waals surface area contributed by atoms with Gasteiger partial charge in [0.25, 0.3) is 0 Å². The Hall–Kier alpha value is -0.650. The maximum absolute atomic E-state index is 4.45. The predicted octanol–water partition coefficient (Wildman–Crippen LogP) is 4.83. The molecule has 0 saturated carbocycles. The number of nitrogens with zero attached hydrogens (tertiary/aromatic N) is 2. The summed E-state index contributed by atoms with van der Waals surface area (Å²) in [7, 11) is 0. The maximum atomic E-state index is 4.45. The van der Waals surface area contributed by atoms with Gasteiger partial charge in [-0.15, -0.1) is 0 Å². The normalized spacial score (nSPS) is 12.6. The molecular formula is C16H21Br2N3. The van der Waals surface area contributed by atoms with Gasteiger partial charge in [-0.25, -0.2) is 0 Å². The molecule has 0 fully saturated rings. The number of rotatable bonds is 6. The number of nitrogens with one attached hydrogen (secondary N) is 1. The highest BCUT2D eigenvalue weighted by atomic mass is 79.9. The summed E-state index contributed by atoms with van der Waals surface area (Å²) in [5.74, 6) is 0. The molecule has 2 rings (SSSR count). The number of halogens is 2. The molecule has 0 radical (unpaired) electrons. The Bertz CT molecular complexity index is 587. The molecule has 1 aromatic heterocycles. The largest absolute Gasteiger partial charge is 0.305 e. The van der Waals surface area contributed by atoms with Crippen molar-refractivity contribution in [2.24, 2.45) is 0 Å². The minimum absolute atomic E-state index is 0.137. The van der Waals surface area contributed by atoms with E-state index in [2.05, 4.69) is 81.2 Å². The van der Waals surface area contributed by atoms with Crippen LogP contribution >= 0.6 is 31.9 Å². The molecule has 1 atom stereocenters. The fraction of sp³-hybridized carbons (Fsp3) is 0.438. The van der Waals surface area contributed by atoms with Crippen LogP contribution in [0.2, 0.25) is 0 Å². The number of hydrogen-bond donors (Lipinski definition) is 1. The zero-order valence-electron chi connectivity index (χ0n) is 12.7. The highest BCUT2D eigenvalue weighted by Crippen LogP contribution is 2.30. The zero-order valence-corrected chi connectivity index (χ0v) is 15.8. The van der Waals surface area contributed by atoms with Crippen molar-refractivity contribution in [2.45, 2.75) is 39.8 Å². The van der Waals surface area contributed by atoms with E-state index < -0.39 is 0 Å². The molecule has 1 aromatic carbocycles. The van der Waals surface area contributed by atoms with Crippen LogP contribution in [0.3, 0.4) is 0 Å². The van der Waals surface area contributed by atoms with Crippen molar-refractivity contribution < 1.29 is 0 Å². The summed E-state index contributed by atoms with van der Waals surface area (Å²) >= 11 is 7.25. The van der Waals surface area contributed by atoms with Gasteiger partial charge in [0.1, 0.15) is 0 Å². The third-order valence-corrected chi connectivity index (χ3v) is 4.47. The molecule has 0 bridgehead atoms. The lowest BCUT2D eigenvalue weighted by Gasteiger charge is -2.21. The minimum Gasteiger partial charge on any atom is -0.305 e. The van der Waals surface area contributed by atoms with Crippen molar-refractivity contribution >= 4 is 31.9 Å². The lowest BCUT2D eigenvalue weighted by molar-refractivity contribution is 0.528. The topological polar surface area (TPSA) is 29.9 Å². The zero-order chi connectivity index (χ0) is 15.4. The summed E-state index contributed by atoms with van der Waals surface area (Å²) in [5.41, 5.74) is 3.69. The summed E-state index contributed by atoms with van der Waals surface area (Å²) in [5, 5.41) is 8.10. The first kappa shape index (κ1) is 16.7. The molecule has 0 spiro atoms. The second kappa shape index (κ2) is 7.56. The first-order chi connectivity index (χ1) is 10.1. The number of aryl methyl sites for hydroxylation is 2. The fourth-order valence-corrected chi connectivity index (χ4v) is 3.65. The van der Waals surface area contributed by atoms with Crippen LogP contribution in [0.4, 0.5) is 0 Å². The van der Waals surface area contributed by atoms with Crippen LogP contribution in [0, 0.1) is 6.92 Å². The molecule has 0 amide bonds. The Morgan fingerprint density at radius 3 is 2.62 bits per heavy atom. The van der Waals surface area contributed by atoms with Crippen molar-refractivity contribution in [3.8, 4) is 0 Å². The lowest BCUT2D eigenvalue weighted by atomic mass is 10.0. The predicted molar refractivity (Wildman–Crippen MR) is 94.6 cm³/mol. The third-order valence-electron chi connectivity index (χ3n) is 3.40. The van der Waals surface area contributed by atoms with Gasteiger partial charge in [-0.3, -0.25) is 4.68 Å². The molecule has 2 aromatic rings. The molecule has 1 heterocycles. The van der Waals surface area contributed by atoms with Crippen molar-refractivity contribution in [3.05, 3.63) is 50.2 Å². The highest BCUT2D eigenvalue weighted by Gasteiger charge is 2.21. The molecule has 5 heteroatoms. The quantitative estimate of drug-likeness (QED) is 0.733. The molecule has 0 saturated heterocycles. The Kier molecular flexibility index (Phi) is 6.02. The second-order valence-electron chi connectivity index (χ2n) is 5.14. The summed E-state index contributed by atoms with van der Waals surface area (Å²) in [6, 6.07) is 6.68. The second-order valence-corrected chi connectivity index (χ2v) is 6.91. The van der Waals surface area contributed by atoms with Gasteiger partial charge in [0, 0.05) is 11.0 Å². The maximum Gasteiger partial charge on any atom is 0.0760 e. The van der Waals surface area contributed by atoms with E-state index in [-0.39, 0.29) is 6.04 Å². The van der Waals surface area contributed by atoms with E-state index in [1.807, 2.05) is 10.9 Å². The van der Waals surface area contributed by atoms with E-state index in [0.29, 0.717) is 0 Å². The van der Waals surface area contributed by atoms with Crippen LogP contribution in [0.1, 0.15) is 43.1 Å². The summed E-state index contributed by atoms with van der Waals surface area (Å²) in [6.07, 6.45) is 2.98. The first-order valence-corrected chi connectivity index (χ1v) is 8.87. The third kappa shape index (κ3) is 3.96. The summed E-state index contributed by atoms with van der Waals surface area (Å²) in [4.78, 5) is 0. The number of aromatic nitrogens is 2. The van der Waals surface area contributed by atoms with Crippen LogP contribution in [0.25, 0.3) is 0 Å². The van der Waals surface area contributed by atoms with Crippen LogP contribution in [0.15, 0.2) is 33.3 Å². The first-order valence-electron chi connectivity index (χ1n) is 7.28. The van der Waals surface area contributed by atoms with Gasteiger partial charge in [0.2, 0.25) is 0 Å². The Balaban J connectivity index is 2.49. The molecule has 114 valence electrons. The molecule has 1 N–H and O–H groups in total. The van der Waals surface area contributed by atoms with Gasteiger partial charge in [-0.05, 0) is 66.0 Å². The molecule has 21 heavy (non-hydrogen) atoms. The average Bonchev–Trinajstić information content (AvgIpc) is 2.80. The average molecular weight is 415 g/mol. The highest BCUT2D eigenvalue weighted by molar-refractivity contribution is 9.10. The summed E-state index contributed by atoms with van der Waals surface area (Å²) in [6.45, 7) is 8.25. The van der Waals surface area contributed by atoms with E-state index in [0.717, 1.165) is 28.5 Å². The van der Waals surface area contributed by atoms with Crippen LogP contribution in [-0.4, -0.2) is 16.3 Å². The van der Waals surface area contributed by atoms with Crippen LogP contribution in [-0.2, 0) is 6.54 Å². The van der Waals surface area contributed by atoms with Crippen LogP contribution in [0.5, 0.6) is 0 Å². The number of benzene rings is 1. The Labute approximate surface area is 143 Å². The Morgan fingerprint density at radius 2 is 2.00 bits per heavy atom. The standard InChI is InChI=1S/C16H21Br2N3/c1-4-6-19-15(12-7-11(3)8-13(17)9-12)16-14(18)10-20-21(16)5-2/h7-10,15,19H,4-6H2,1-3H3. The van der Waals surface area contributed by atoms with E-state index >= 15 is 0 Å². The molecule has 0 aliphatic heterocycles. The summed E-state index contributed by atoms with van der Waals surface area (Å²) < 4.78 is 4.21. The van der Waals surface area contributed by atoms with Gasteiger partial charge in [0.05, 0.1) is 22.4 Å². The van der Waals surface area contributed by atoms with Gasteiger partial charge in [-0.2, -0.15) is 5.10 Å². The Morgan fingerprint density at radius 1 is 1.24 bits per heavy atom. The lowest BCUT2D eigenvalue weighted by Crippen LogP contribution is -2.26. The molecule has 1 unspecified atom stereocenters. The van der Waals surface area contributed by atoms with Gasteiger partial charge < -0.3 is 5.32 Å². The van der Waals surface area contributed by atoms with Gasteiger partial charge >= 0.3 is 0 Å². The van der Waals surface area contributed by atoms with Gasteiger partial charge in [-0.1, -0.05) is 28.9 Å².